The molecule has 0 spiro atoms. The molecule has 8 heteroatoms. The molecule has 140 valence electrons. The van der Waals surface area contributed by atoms with Crippen LogP contribution in [0.25, 0.3) is 0 Å². The van der Waals surface area contributed by atoms with Gasteiger partial charge in [-0.15, -0.1) is 0 Å². The summed E-state index contributed by atoms with van der Waals surface area (Å²) in [5, 5.41) is 2.80. The highest BCUT2D eigenvalue weighted by Gasteiger charge is 2.39. The van der Waals surface area contributed by atoms with Crippen LogP contribution in [-0.2, 0) is 19.6 Å². The molecule has 1 aromatic carbocycles. The second-order valence-electron chi connectivity index (χ2n) is 6.04. The van der Waals surface area contributed by atoms with Crippen molar-refractivity contribution in [2.45, 2.75) is 37.1 Å². The van der Waals surface area contributed by atoms with Crippen molar-refractivity contribution in [3.05, 3.63) is 23.8 Å². The van der Waals surface area contributed by atoms with Crippen LogP contribution in [0.4, 0.5) is 0 Å². The fourth-order valence-electron chi connectivity index (χ4n) is 2.95. The number of methoxy groups -OCH3 is 2. The molecule has 0 aromatic heterocycles. The number of carbonyl (C=O) groups is 1. The molecule has 1 aliphatic rings. The first kappa shape index (κ1) is 19.7. The summed E-state index contributed by atoms with van der Waals surface area (Å²) in [7, 11) is -0.670. The minimum atomic E-state index is -3.76. The standard InChI is InChI=1S/C17H26N2O5S/c1-13-7-8-14(24-3)12-16(13)25(21,22)19-10-4-6-15(19)17(20)18-9-5-11-23-2/h7-8,12,15H,4-6,9-11H2,1-3H3,(H,18,20)/t15-/m1/s1. The summed E-state index contributed by atoms with van der Waals surface area (Å²) in [6.45, 7) is 3.10. The Bertz CT molecular complexity index is 705. The van der Waals surface area contributed by atoms with Crippen LogP contribution in [0.5, 0.6) is 5.75 Å². The van der Waals surface area contributed by atoms with Crippen LogP contribution in [0.1, 0.15) is 24.8 Å². The number of nitrogens with zero attached hydrogens (tertiary/aromatic N) is 1. The van der Waals surface area contributed by atoms with E-state index in [1.165, 1.54) is 17.5 Å². The largest absolute Gasteiger partial charge is 0.497 e. The molecule has 0 radical (unpaired) electrons. The third-order valence-corrected chi connectivity index (χ3v) is 6.36. The lowest BCUT2D eigenvalue weighted by Crippen LogP contribution is -2.46. The van der Waals surface area contributed by atoms with Gasteiger partial charge < -0.3 is 14.8 Å². The zero-order valence-corrected chi connectivity index (χ0v) is 15.8. The Balaban J connectivity index is 2.19. The molecule has 1 aromatic rings. The van der Waals surface area contributed by atoms with Gasteiger partial charge in [0.05, 0.1) is 12.0 Å². The summed E-state index contributed by atoms with van der Waals surface area (Å²) >= 11 is 0. The molecular formula is C17H26N2O5S. The first-order valence-corrected chi connectivity index (χ1v) is 9.79. The topological polar surface area (TPSA) is 84.9 Å². The summed E-state index contributed by atoms with van der Waals surface area (Å²) in [4.78, 5) is 12.6. The van der Waals surface area contributed by atoms with Crippen molar-refractivity contribution < 1.29 is 22.7 Å². The molecule has 1 saturated heterocycles. The van der Waals surface area contributed by atoms with Gasteiger partial charge in [-0.25, -0.2) is 8.42 Å². The highest BCUT2D eigenvalue weighted by Crippen LogP contribution is 2.30. The van der Waals surface area contributed by atoms with Crippen LogP contribution in [0.2, 0.25) is 0 Å². The van der Waals surface area contributed by atoms with E-state index in [0.29, 0.717) is 50.3 Å². The lowest BCUT2D eigenvalue weighted by molar-refractivity contribution is -0.124. The minimum Gasteiger partial charge on any atom is -0.497 e. The first-order valence-electron chi connectivity index (χ1n) is 8.35. The average Bonchev–Trinajstić information content (AvgIpc) is 3.09. The molecule has 1 aliphatic heterocycles. The summed E-state index contributed by atoms with van der Waals surface area (Å²) in [6, 6.07) is 4.27. The van der Waals surface area contributed by atoms with Crippen molar-refractivity contribution >= 4 is 15.9 Å². The van der Waals surface area contributed by atoms with Crippen LogP contribution in [0.15, 0.2) is 23.1 Å². The number of hydrogen-bond donors (Lipinski definition) is 1. The molecule has 1 amide bonds. The van der Waals surface area contributed by atoms with Gasteiger partial charge in [-0.05, 0) is 37.8 Å². The van der Waals surface area contributed by atoms with Gasteiger partial charge in [-0.3, -0.25) is 4.79 Å². The Morgan fingerprint density at radius 1 is 1.36 bits per heavy atom. The van der Waals surface area contributed by atoms with E-state index in [2.05, 4.69) is 5.32 Å². The van der Waals surface area contributed by atoms with E-state index in [1.54, 1.807) is 26.2 Å². The van der Waals surface area contributed by atoms with Gasteiger partial charge >= 0.3 is 0 Å². The van der Waals surface area contributed by atoms with Gasteiger partial charge in [0.25, 0.3) is 0 Å². The normalized spacial score (nSPS) is 18.3. The van der Waals surface area contributed by atoms with Gasteiger partial charge in [0.15, 0.2) is 0 Å². The highest BCUT2D eigenvalue weighted by molar-refractivity contribution is 7.89. The van der Waals surface area contributed by atoms with E-state index in [-0.39, 0.29) is 10.8 Å². The van der Waals surface area contributed by atoms with Crippen LogP contribution in [0.3, 0.4) is 0 Å². The van der Waals surface area contributed by atoms with E-state index in [1.807, 2.05) is 0 Å². The molecular weight excluding hydrogens is 344 g/mol. The zero-order valence-electron chi connectivity index (χ0n) is 14.9. The molecule has 0 unspecified atom stereocenters. The van der Waals surface area contributed by atoms with Gasteiger partial charge in [0, 0.05) is 32.9 Å². The van der Waals surface area contributed by atoms with Gasteiger partial charge in [0.1, 0.15) is 11.8 Å². The molecule has 1 N–H and O–H groups in total. The third-order valence-electron chi connectivity index (χ3n) is 4.31. The predicted molar refractivity (Wildman–Crippen MR) is 94.1 cm³/mol. The number of sulfonamides is 1. The van der Waals surface area contributed by atoms with Crippen molar-refractivity contribution in [2.24, 2.45) is 0 Å². The van der Waals surface area contributed by atoms with E-state index >= 15 is 0 Å². The quantitative estimate of drug-likeness (QED) is 0.698. The summed E-state index contributed by atoms with van der Waals surface area (Å²) in [6.07, 6.45) is 1.88. The second-order valence-corrected chi connectivity index (χ2v) is 7.90. The molecule has 1 atom stereocenters. The van der Waals surface area contributed by atoms with Crippen molar-refractivity contribution in [3.8, 4) is 5.75 Å². The van der Waals surface area contributed by atoms with Crippen molar-refractivity contribution in [1.82, 2.24) is 9.62 Å². The van der Waals surface area contributed by atoms with Crippen molar-refractivity contribution in [1.29, 1.82) is 0 Å². The SMILES string of the molecule is COCCCNC(=O)[C@H]1CCCN1S(=O)(=O)c1cc(OC)ccc1C. The van der Waals surface area contributed by atoms with Gasteiger partial charge in [0.2, 0.25) is 15.9 Å². The van der Waals surface area contributed by atoms with Crippen molar-refractivity contribution in [2.75, 3.05) is 33.9 Å². The minimum absolute atomic E-state index is 0.186. The maximum absolute atomic E-state index is 13.1. The third kappa shape index (κ3) is 4.50. The first-order chi connectivity index (χ1) is 11.9. The number of benzene rings is 1. The number of nitrogens with one attached hydrogen (secondary N) is 1. The summed E-state index contributed by atoms with van der Waals surface area (Å²) < 4.78 is 37.6. The van der Waals surface area contributed by atoms with E-state index < -0.39 is 16.1 Å². The molecule has 0 aliphatic carbocycles. The molecule has 1 fully saturated rings. The Morgan fingerprint density at radius 3 is 2.80 bits per heavy atom. The van der Waals surface area contributed by atoms with E-state index in [4.69, 9.17) is 9.47 Å². The molecule has 25 heavy (non-hydrogen) atoms. The lowest BCUT2D eigenvalue weighted by atomic mass is 10.2. The summed E-state index contributed by atoms with van der Waals surface area (Å²) in [5.74, 6) is 0.224. The number of ether oxygens (including phenoxy) is 2. The smallest absolute Gasteiger partial charge is 0.244 e. The van der Waals surface area contributed by atoms with Crippen LogP contribution in [-0.4, -0.2) is 58.6 Å². The molecule has 0 bridgehead atoms. The van der Waals surface area contributed by atoms with Crippen LogP contribution in [0, 0.1) is 6.92 Å². The Hall–Kier alpha value is -1.64. The lowest BCUT2D eigenvalue weighted by Gasteiger charge is -2.24. The molecule has 1 heterocycles. The maximum atomic E-state index is 13.1. The van der Waals surface area contributed by atoms with Crippen LogP contribution >= 0.6 is 0 Å². The fraction of sp³-hybridized carbons (Fsp3) is 0.588. The van der Waals surface area contributed by atoms with Gasteiger partial charge in [-0.2, -0.15) is 4.31 Å². The van der Waals surface area contributed by atoms with Crippen molar-refractivity contribution in [3.63, 3.8) is 0 Å². The van der Waals surface area contributed by atoms with E-state index in [9.17, 15) is 13.2 Å². The Morgan fingerprint density at radius 2 is 2.12 bits per heavy atom. The zero-order chi connectivity index (χ0) is 18.4. The highest BCUT2D eigenvalue weighted by atomic mass is 32.2. The summed E-state index contributed by atoms with van der Waals surface area (Å²) in [5.41, 5.74) is 0.631. The number of hydrogen-bond acceptors (Lipinski definition) is 5. The number of rotatable bonds is 8. The maximum Gasteiger partial charge on any atom is 0.244 e. The number of carbonyl (C=O) groups excluding carboxylic acids is 1. The Kier molecular flexibility index (Phi) is 6.80. The number of aryl methyl sites for hydroxylation is 1. The molecule has 2 rings (SSSR count). The molecule has 0 saturated carbocycles. The molecule has 7 nitrogen and oxygen atoms in total. The van der Waals surface area contributed by atoms with E-state index in [0.717, 1.165) is 0 Å². The van der Waals surface area contributed by atoms with Crippen LogP contribution < -0.4 is 10.1 Å². The number of amides is 1. The van der Waals surface area contributed by atoms with Gasteiger partial charge in [-0.1, -0.05) is 6.07 Å². The average molecular weight is 370 g/mol. The fourth-order valence-corrected chi connectivity index (χ4v) is 4.85. The monoisotopic (exact) mass is 370 g/mol. The second kappa shape index (κ2) is 8.64. The predicted octanol–water partition coefficient (Wildman–Crippen LogP) is 1.31. The Labute approximate surface area is 149 Å².